The predicted molar refractivity (Wildman–Crippen MR) is 91.9 cm³/mol. The highest BCUT2D eigenvalue weighted by molar-refractivity contribution is 6.16. The average Bonchev–Trinajstić information content (AvgIpc) is 2.55. The van der Waals surface area contributed by atoms with Gasteiger partial charge in [0.2, 0.25) is 5.91 Å². The fourth-order valence-corrected chi connectivity index (χ4v) is 2.33. The van der Waals surface area contributed by atoms with Crippen molar-refractivity contribution >= 4 is 23.1 Å². The molecule has 23 heavy (non-hydrogen) atoms. The van der Waals surface area contributed by atoms with Crippen LogP contribution in [-0.4, -0.2) is 26.0 Å². The Balaban J connectivity index is 2.49. The molecule has 0 saturated carbocycles. The molecule has 0 heterocycles. The molecule has 0 N–H and O–H groups in total. The summed E-state index contributed by atoms with van der Waals surface area (Å²) >= 11 is 0. The highest BCUT2D eigenvalue weighted by Crippen LogP contribution is 2.31. The van der Waals surface area contributed by atoms with Gasteiger partial charge in [0.05, 0.1) is 19.9 Å². The first-order chi connectivity index (χ1) is 11.1. The number of amidine groups is 1. The monoisotopic (exact) mass is 312 g/mol. The Morgan fingerprint density at radius 2 is 1.48 bits per heavy atom. The van der Waals surface area contributed by atoms with Gasteiger partial charge in [-0.25, -0.2) is 4.99 Å². The summed E-state index contributed by atoms with van der Waals surface area (Å²) < 4.78 is 10.6. The number of hydrogen-bond donors (Lipinski definition) is 0. The van der Waals surface area contributed by atoms with Crippen LogP contribution in [0, 0.1) is 0 Å². The quantitative estimate of drug-likeness (QED) is 0.637. The lowest BCUT2D eigenvalue weighted by atomic mass is 10.2. The number of nitrogens with zero attached hydrogens (tertiary/aromatic N) is 2. The molecule has 0 aliphatic rings. The fraction of sp³-hybridized carbons (Fsp3) is 0.222. The summed E-state index contributed by atoms with van der Waals surface area (Å²) in [5, 5.41) is 0. The fourth-order valence-electron chi connectivity index (χ4n) is 2.33. The van der Waals surface area contributed by atoms with Crippen molar-refractivity contribution in [3.8, 4) is 11.5 Å². The van der Waals surface area contributed by atoms with Gasteiger partial charge < -0.3 is 9.47 Å². The van der Waals surface area contributed by atoms with Gasteiger partial charge in [-0.3, -0.25) is 9.69 Å². The summed E-state index contributed by atoms with van der Waals surface area (Å²) in [4.78, 5) is 18.2. The number of para-hydroxylation sites is 4. The van der Waals surface area contributed by atoms with Crippen molar-refractivity contribution in [3.63, 3.8) is 0 Å². The highest BCUT2D eigenvalue weighted by atomic mass is 16.5. The maximum atomic E-state index is 12.2. The number of methoxy groups -OCH3 is 2. The third kappa shape index (κ3) is 3.69. The summed E-state index contributed by atoms with van der Waals surface area (Å²) in [5.41, 5.74) is 1.31. The van der Waals surface area contributed by atoms with Crippen LogP contribution in [0.2, 0.25) is 0 Å². The summed E-state index contributed by atoms with van der Waals surface area (Å²) in [6, 6.07) is 14.7. The zero-order chi connectivity index (χ0) is 16.8. The van der Waals surface area contributed by atoms with Gasteiger partial charge in [-0.15, -0.1) is 0 Å². The van der Waals surface area contributed by atoms with E-state index >= 15 is 0 Å². The highest BCUT2D eigenvalue weighted by Gasteiger charge is 2.19. The second-order valence-electron chi connectivity index (χ2n) is 4.86. The lowest BCUT2D eigenvalue weighted by Crippen LogP contribution is -2.33. The molecule has 0 unspecified atom stereocenters. The predicted octanol–water partition coefficient (Wildman–Crippen LogP) is 3.81. The molecule has 120 valence electrons. The molecule has 2 aromatic carbocycles. The molecule has 0 bridgehead atoms. The average molecular weight is 312 g/mol. The van der Waals surface area contributed by atoms with Crippen LogP contribution in [0.25, 0.3) is 0 Å². The Morgan fingerprint density at radius 3 is 2.09 bits per heavy atom. The van der Waals surface area contributed by atoms with Crippen LogP contribution >= 0.6 is 0 Å². The molecule has 2 aromatic rings. The molecule has 1 amide bonds. The first-order valence-corrected chi connectivity index (χ1v) is 7.20. The number of aliphatic imine (C=N–C) groups is 1. The topological polar surface area (TPSA) is 51.1 Å². The number of rotatable bonds is 4. The smallest absolute Gasteiger partial charge is 0.229 e. The Bertz CT molecular complexity index is 726. The zero-order valence-electron chi connectivity index (χ0n) is 13.7. The molecule has 0 radical (unpaired) electrons. The summed E-state index contributed by atoms with van der Waals surface area (Å²) in [6.07, 6.45) is 0. The summed E-state index contributed by atoms with van der Waals surface area (Å²) in [5.74, 6) is 1.64. The molecule has 0 aromatic heterocycles. The summed E-state index contributed by atoms with van der Waals surface area (Å²) in [7, 11) is 3.16. The van der Waals surface area contributed by atoms with Crippen LogP contribution < -0.4 is 14.4 Å². The van der Waals surface area contributed by atoms with Crippen molar-refractivity contribution in [1.82, 2.24) is 0 Å². The molecule has 0 fully saturated rings. The standard InChI is InChI=1S/C18H20N2O3/c1-13(19-15-9-5-7-11-17(15)22-3)20(14(2)21)16-10-6-8-12-18(16)23-4/h5-12H,1-4H3. The Hall–Kier alpha value is -2.82. The maximum Gasteiger partial charge on any atom is 0.229 e. The minimum absolute atomic E-state index is 0.148. The van der Waals surface area contributed by atoms with Crippen LogP contribution in [0.15, 0.2) is 53.5 Å². The van der Waals surface area contributed by atoms with E-state index < -0.39 is 0 Å². The third-order valence-corrected chi connectivity index (χ3v) is 3.33. The van der Waals surface area contributed by atoms with E-state index in [9.17, 15) is 4.79 Å². The van der Waals surface area contributed by atoms with Crippen molar-refractivity contribution in [2.45, 2.75) is 13.8 Å². The van der Waals surface area contributed by atoms with Gasteiger partial charge in [0, 0.05) is 6.92 Å². The van der Waals surface area contributed by atoms with Crippen molar-refractivity contribution in [1.29, 1.82) is 0 Å². The van der Waals surface area contributed by atoms with Crippen LogP contribution in [0.3, 0.4) is 0 Å². The van der Waals surface area contributed by atoms with E-state index in [1.165, 1.54) is 11.8 Å². The number of amides is 1. The molecule has 5 nitrogen and oxygen atoms in total. The van der Waals surface area contributed by atoms with E-state index in [1.54, 1.807) is 21.1 Å². The van der Waals surface area contributed by atoms with Crippen LogP contribution in [-0.2, 0) is 4.79 Å². The van der Waals surface area contributed by atoms with Gasteiger partial charge in [-0.05, 0) is 31.2 Å². The van der Waals surface area contributed by atoms with Crippen molar-refractivity contribution in [3.05, 3.63) is 48.5 Å². The van der Waals surface area contributed by atoms with Crippen molar-refractivity contribution in [2.24, 2.45) is 4.99 Å². The second-order valence-corrected chi connectivity index (χ2v) is 4.86. The number of anilines is 1. The van der Waals surface area contributed by atoms with Gasteiger partial charge >= 0.3 is 0 Å². The summed E-state index contributed by atoms with van der Waals surface area (Å²) in [6.45, 7) is 3.27. The van der Waals surface area contributed by atoms with Crippen molar-refractivity contribution in [2.75, 3.05) is 19.1 Å². The maximum absolute atomic E-state index is 12.2. The lowest BCUT2D eigenvalue weighted by molar-refractivity contribution is -0.115. The first kappa shape index (κ1) is 16.5. The van der Waals surface area contributed by atoms with E-state index in [-0.39, 0.29) is 5.91 Å². The molecule has 0 aliphatic heterocycles. The van der Waals surface area contributed by atoms with Gasteiger partial charge in [0.15, 0.2) is 0 Å². The number of carbonyl (C=O) groups is 1. The van der Waals surface area contributed by atoms with E-state index in [4.69, 9.17) is 9.47 Å². The van der Waals surface area contributed by atoms with E-state index in [1.807, 2.05) is 48.5 Å². The molecular weight excluding hydrogens is 292 g/mol. The van der Waals surface area contributed by atoms with Gasteiger partial charge in [-0.2, -0.15) is 0 Å². The largest absolute Gasteiger partial charge is 0.495 e. The molecule has 0 atom stereocenters. The van der Waals surface area contributed by atoms with Gasteiger partial charge in [-0.1, -0.05) is 24.3 Å². The normalized spacial score (nSPS) is 11.0. The van der Waals surface area contributed by atoms with Crippen LogP contribution in [0.4, 0.5) is 11.4 Å². The molecular formula is C18H20N2O3. The molecule has 0 aliphatic carbocycles. The third-order valence-electron chi connectivity index (χ3n) is 3.33. The zero-order valence-corrected chi connectivity index (χ0v) is 13.7. The Morgan fingerprint density at radius 1 is 0.913 bits per heavy atom. The Labute approximate surface area is 136 Å². The minimum atomic E-state index is -0.148. The van der Waals surface area contributed by atoms with E-state index in [0.29, 0.717) is 28.7 Å². The second kappa shape index (κ2) is 7.45. The SMILES string of the molecule is COc1ccccc1N=C(C)N(C(C)=O)c1ccccc1OC. The van der Waals surface area contributed by atoms with Gasteiger partial charge in [0.1, 0.15) is 23.0 Å². The van der Waals surface area contributed by atoms with Crippen LogP contribution in [0.5, 0.6) is 11.5 Å². The number of ether oxygens (including phenoxy) is 2. The number of hydrogen-bond acceptors (Lipinski definition) is 4. The van der Waals surface area contributed by atoms with Crippen LogP contribution in [0.1, 0.15) is 13.8 Å². The Kier molecular flexibility index (Phi) is 5.36. The number of benzene rings is 2. The lowest BCUT2D eigenvalue weighted by Gasteiger charge is -2.23. The van der Waals surface area contributed by atoms with Crippen molar-refractivity contribution < 1.29 is 14.3 Å². The number of carbonyl (C=O) groups excluding carboxylic acids is 1. The van der Waals surface area contributed by atoms with Gasteiger partial charge in [0.25, 0.3) is 0 Å². The van der Waals surface area contributed by atoms with E-state index in [0.717, 1.165) is 0 Å². The molecule has 0 spiro atoms. The molecule has 2 rings (SSSR count). The first-order valence-electron chi connectivity index (χ1n) is 7.20. The molecule has 5 heteroatoms. The minimum Gasteiger partial charge on any atom is -0.495 e. The van der Waals surface area contributed by atoms with E-state index in [2.05, 4.69) is 4.99 Å². The molecule has 0 saturated heterocycles.